The van der Waals surface area contributed by atoms with Crippen molar-refractivity contribution >= 4 is 11.7 Å². The molecule has 0 heterocycles. The number of hydrogen-bond acceptors (Lipinski definition) is 2. The van der Waals surface area contributed by atoms with Crippen molar-refractivity contribution in [3.63, 3.8) is 0 Å². The fourth-order valence-electron chi connectivity index (χ4n) is 3.37. The predicted octanol–water partition coefficient (Wildman–Crippen LogP) is 6.24. The van der Waals surface area contributed by atoms with E-state index in [0.717, 1.165) is 24.3 Å². The lowest BCUT2D eigenvalue weighted by Crippen LogP contribution is -2.41. The highest BCUT2D eigenvalue weighted by Crippen LogP contribution is 2.32. The van der Waals surface area contributed by atoms with Crippen LogP contribution in [0.15, 0.2) is 48.5 Å². The van der Waals surface area contributed by atoms with Gasteiger partial charge in [-0.05, 0) is 68.1 Å². The van der Waals surface area contributed by atoms with E-state index in [1.165, 1.54) is 24.3 Å². The van der Waals surface area contributed by atoms with Crippen molar-refractivity contribution in [1.82, 2.24) is 5.32 Å². The molecule has 3 rings (SSSR count). The van der Waals surface area contributed by atoms with E-state index in [1.54, 1.807) is 0 Å². The first-order chi connectivity index (χ1) is 14.5. The van der Waals surface area contributed by atoms with Gasteiger partial charge in [0.25, 0.3) is 0 Å². The molecule has 0 saturated heterocycles. The molecular weight excluding hydrogens is 426 g/mol. The predicted molar refractivity (Wildman–Crippen MR) is 102 cm³/mol. The Kier molecular flexibility index (Phi) is 6.66. The maximum Gasteiger partial charge on any atom is 0.416 e. The van der Waals surface area contributed by atoms with Crippen LogP contribution in [0.1, 0.15) is 36.8 Å². The molecule has 4 nitrogen and oxygen atoms in total. The summed E-state index contributed by atoms with van der Waals surface area (Å²) < 4.78 is 81.8. The lowest BCUT2D eigenvalue weighted by Gasteiger charge is -2.29. The van der Waals surface area contributed by atoms with Crippen molar-refractivity contribution in [3.05, 3.63) is 59.7 Å². The van der Waals surface area contributed by atoms with Gasteiger partial charge in [-0.1, -0.05) is 6.07 Å². The quantitative estimate of drug-likeness (QED) is 0.547. The van der Waals surface area contributed by atoms with Crippen molar-refractivity contribution in [2.24, 2.45) is 0 Å². The van der Waals surface area contributed by atoms with Crippen LogP contribution in [0.3, 0.4) is 0 Å². The molecule has 2 aromatic carbocycles. The molecule has 0 spiro atoms. The summed E-state index contributed by atoms with van der Waals surface area (Å²) in [4.78, 5) is 12.1. The molecule has 168 valence electrons. The first-order valence-corrected chi connectivity index (χ1v) is 9.59. The highest BCUT2D eigenvalue weighted by molar-refractivity contribution is 5.89. The number of amides is 2. The van der Waals surface area contributed by atoms with Crippen molar-refractivity contribution in [1.29, 1.82) is 0 Å². The normalized spacial score (nSPS) is 19.5. The molecule has 0 bridgehead atoms. The number of halogens is 6. The maximum atomic E-state index is 12.8. The number of nitrogens with one attached hydrogen (secondary N) is 2. The fraction of sp³-hybridized carbons (Fsp3) is 0.381. The minimum atomic E-state index is -4.50. The summed E-state index contributed by atoms with van der Waals surface area (Å²) in [6.45, 7) is 0. The van der Waals surface area contributed by atoms with Crippen molar-refractivity contribution in [2.45, 2.75) is 50.2 Å². The zero-order valence-electron chi connectivity index (χ0n) is 16.2. The Morgan fingerprint density at radius 2 is 1.45 bits per heavy atom. The van der Waals surface area contributed by atoms with Gasteiger partial charge in [0.05, 0.1) is 17.2 Å². The van der Waals surface area contributed by atoms with Crippen LogP contribution in [0.4, 0.5) is 36.8 Å². The van der Waals surface area contributed by atoms with E-state index in [-0.39, 0.29) is 17.8 Å². The SMILES string of the molecule is O=C(Nc1cccc(C(F)(F)F)c1)NC1CCC(Oc2ccc(C(F)(F)F)cc2)CC1. The molecule has 2 aromatic rings. The summed E-state index contributed by atoms with van der Waals surface area (Å²) in [6.07, 6.45) is -6.80. The molecule has 1 saturated carbocycles. The summed E-state index contributed by atoms with van der Waals surface area (Å²) >= 11 is 0. The van der Waals surface area contributed by atoms with E-state index in [2.05, 4.69) is 10.6 Å². The number of rotatable bonds is 4. The number of benzene rings is 2. The Bertz CT molecular complexity index is 888. The number of carbonyl (C=O) groups excluding carboxylic acids is 1. The summed E-state index contributed by atoms with van der Waals surface area (Å²) in [6, 6.07) is 8.03. The molecule has 2 N–H and O–H groups in total. The minimum Gasteiger partial charge on any atom is -0.490 e. The number of alkyl halides is 6. The summed E-state index contributed by atoms with van der Waals surface area (Å²) in [5.41, 5.74) is -1.57. The summed E-state index contributed by atoms with van der Waals surface area (Å²) in [5, 5.41) is 5.12. The Hall–Kier alpha value is -2.91. The van der Waals surface area contributed by atoms with Crippen LogP contribution in [0.25, 0.3) is 0 Å². The van der Waals surface area contributed by atoms with Gasteiger partial charge in [-0.25, -0.2) is 4.79 Å². The average molecular weight is 446 g/mol. The van der Waals surface area contributed by atoms with Gasteiger partial charge in [0.15, 0.2) is 0 Å². The lowest BCUT2D eigenvalue weighted by molar-refractivity contribution is -0.138. The van der Waals surface area contributed by atoms with Crippen LogP contribution in [0.5, 0.6) is 5.75 Å². The molecule has 1 aliphatic rings. The van der Waals surface area contributed by atoms with Gasteiger partial charge in [-0.2, -0.15) is 26.3 Å². The minimum absolute atomic E-state index is 0.0339. The number of carbonyl (C=O) groups is 1. The van der Waals surface area contributed by atoms with Gasteiger partial charge >= 0.3 is 18.4 Å². The zero-order valence-corrected chi connectivity index (χ0v) is 16.2. The monoisotopic (exact) mass is 446 g/mol. The van der Waals surface area contributed by atoms with Crippen LogP contribution >= 0.6 is 0 Å². The van der Waals surface area contributed by atoms with Gasteiger partial charge in [0, 0.05) is 11.7 Å². The molecule has 0 aliphatic heterocycles. The van der Waals surface area contributed by atoms with Crippen LogP contribution in [0.2, 0.25) is 0 Å². The van der Waals surface area contributed by atoms with Gasteiger partial charge in [0.1, 0.15) is 5.75 Å². The Morgan fingerprint density at radius 1 is 0.839 bits per heavy atom. The maximum absolute atomic E-state index is 12.8. The Labute approximate surface area is 174 Å². The van der Waals surface area contributed by atoms with Crippen molar-refractivity contribution in [2.75, 3.05) is 5.32 Å². The standard InChI is InChI=1S/C21H20F6N2O2/c22-20(23,24)13-4-8-17(9-5-13)31-18-10-6-15(7-11-18)28-19(30)29-16-3-1-2-14(12-16)21(25,26)27/h1-5,8-9,12,15,18H,6-7,10-11H2,(H2,28,29,30). The molecule has 0 unspecified atom stereocenters. The van der Waals surface area contributed by atoms with Gasteiger partial charge < -0.3 is 15.4 Å². The van der Waals surface area contributed by atoms with Crippen LogP contribution in [0, 0.1) is 0 Å². The van der Waals surface area contributed by atoms with E-state index in [0.29, 0.717) is 31.4 Å². The molecule has 10 heteroatoms. The molecule has 0 aromatic heterocycles. The van der Waals surface area contributed by atoms with E-state index < -0.39 is 29.5 Å². The second-order valence-corrected chi connectivity index (χ2v) is 7.29. The fourth-order valence-corrected chi connectivity index (χ4v) is 3.37. The topological polar surface area (TPSA) is 50.4 Å². The third-order valence-electron chi connectivity index (χ3n) is 4.94. The number of ether oxygens (including phenoxy) is 1. The smallest absolute Gasteiger partial charge is 0.416 e. The van der Waals surface area contributed by atoms with Crippen LogP contribution < -0.4 is 15.4 Å². The van der Waals surface area contributed by atoms with Crippen molar-refractivity contribution < 1.29 is 35.9 Å². The van der Waals surface area contributed by atoms with E-state index in [1.807, 2.05) is 0 Å². The number of hydrogen-bond donors (Lipinski definition) is 2. The molecule has 31 heavy (non-hydrogen) atoms. The van der Waals surface area contributed by atoms with Crippen LogP contribution in [-0.4, -0.2) is 18.2 Å². The number of urea groups is 1. The molecule has 0 atom stereocenters. The average Bonchev–Trinajstić information content (AvgIpc) is 2.69. The van der Waals surface area contributed by atoms with E-state index >= 15 is 0 Å². The van der Waals surface area contributed by atoms with E-state index in [9.17, 15) is 31.1 Å². The largest absolute Gasteiger partial charge is 0.490 e. The van der Waals surface area contributed by atoms with Gasteiger partial charge in [-0.3, -0.25) is 0 Å². The van der Waals surface area contributed by atoms with Gasteiger partial charge in [-0.15, -0.1) is 0 Å². The van der Waals surface area contributed by atoms with Crippen molar-refractivity contribution in [3.8, 4) is 5.75 Å². The molecule has 1 aliphatic carbocycles. The summed E-state index contributed by atoms with van der Waals surface area (Å²) in [7, 11) is 0. The van der Waals surface area contributed by atoms with Gasteiger partial charge in [0.2, 0.25) is 0 Å². The molecule has 0 radical (unpaired) electrons. The Balaban J connectivity index is 1.45. The first kappa shape index (κ1) is 22.8. The second kappa shape index (κ2) is 9.07. The third kappa shape index (κ3) is 6.53. The third-order valence-corrected chi connectivity index (χ3v) is 4.94. The zero-order chi connectivity index (χ0) is 22.6. The summed E-state index contributed by atoms with van der Waals surface area (Å²) in [5.74, 6) is 0.340. The lowest BCUT2D eigenvalue weighted by atomic mass is 9.93. The first-order valence-electron chi connectivity index (χ1n) is 9.59. The van der Waals surface area contributed by atoms with E-state index in [4.69, 9.17) is 4.74 Å². The molecular formula is C21H20F6N2O2. The highest BCUT2D eigenvalue weighted by atomic mass is 19.4. The Morgan fingerprint density at radius 3 is 2.03 bits per heavy atom. The molecule has 1 fully saturated rings. The second-order valence-electron chi connectivity index (χ2n) is 7.29. The number of anilines is 1. The highest BCUT2D eigenvalue weighted by Gasteiger charge is 2.31. The van der Waals surface area contributed by atoms with Crippen LogP contribution in [-0.2, 0) is 12.4 Å². The molecule has 2 amide bonds.